The number of carbonyl (C=O) groups is 3. The van der Waals surface area contributed by atoms with Crippen LogP contribution in [-0.2, 0) is 14.4 Å². The van der Waals surface area contributed by atoms with E-state index in [2.05, 4.69) is 121 Å². The van der Waals surface area contributed by atoms with Gasteiger partial charge in [0, 0.05) is 13.6 Å². The van der Waals surface area contributed by atoms with Crippen LogP contribution in [0.2, 0.25) is 0 Å². The summed E-state index contributed by atoms with van der Waals surface area (Å²) < 4.78 is 5.87. The van der Waals surface area contributed by atoms with Crippen LogP contribution in [0.25, 0.3) is 11.1 Å². The summed E-state index contributed by atoms with van der Waals surface area (Å²) in [7, 11) is 5.57. The predicted molar refractivity (Wildman–Crippen MR) is 204 cm³/mol. The number of nitrogens with one attached hydrogen (secondary N) is 3. The predicted octanol–water partition coefficient (Wildman–Crippen LogP) is 5.79. The van der Waals surface area contributed by atoms with Crippen molar-refractivity contribution >= 4 is 28.9 Å². The number of carbonyl (C=O) groups excluding carboxylic acids is 3. The third-order valence-corrected chi connectivity index (χ3v) is 8.27. The molecule has 0 bridgehead atoms. The lowest BCUT2D eigenvalue weighted by Gasteiger charge is -2.32. The minimum Gasteiger partial charge on any atom is -0.492 e. The highest BCUT2D eigenvalue weighted by molar-refractivity contribution is 5.98. The number of allylic oxidation sites excluding steroid dienone is 1. The lowest BCUT2D eigenvalue weighted by atomic mass is 9.84. The standard InChI is InChI=1S/C26H29NO.C15H29N3O5/c1-4-25(21-11-7-5-8-12-21)26(22-13-9-6-10-14-22)23-15-17-24(18-16-23)28-20-19-27(2)3;1-8(2)7-9(10(19)13(21)18-23)12(20)17-11(14(22)16-6)15(3,4)5/h5-18H,4,19-20H2,1-3H3;8-11,19,23H,7H2,1-6H3,(H,16,22)(H,17,20)(H,18,21)/b26-25-;/t;9-,10+,11-/m.1/s1. The Morgan fingerprint density at radius 3 is 1.78 bits per heavy atom. The Kier molecular flexibility index (Phi) is 17.6. The monoisotopic (exact) mass is 702 g/mol. The van der Waals surface area contributed by atoms with E-state index in [-0.39, 0.29) is 18.2 Å². The van der Waals surface area contributed by atoms with Crippen molar-refractivity contribution < 1.29 is 29.4 Å². The van der Waals surface area contributed by atoms with Crippen molar-refractivity contribution in [1.29, 1.82) is 0 Å². The summed E-state index contributed by atoms with van der Waals surface area (Å²) in [6.07, 6.45) is -0.506. The van der Waals surface area contributed by atoms with Crippen molar-refractivity contribution in [1.82, 2.24) is 21.0 Å². The molecule has 0 aromatic heterocycles. The summed E-state index contributed by atoms with van der Waals surface area (Å²) in [6.45, 7) is 12.9. The van der Waals surface area contributed by atoms with E-state index in [4.69, 9.17) is 9.94 Å². The number of hydrogen-bond acceptors (Lipinski definition) is 7. The molecule has 3 amide bonds. The van der Waals surface area contributed by atoms with Gasteiger partial charge in [0.1, 0.15) is 24.5 Å². The maximum absolute atomic E-state index is 12.5. The van der Waals surface area contributed by atoms with Crippen molar-refractivity contribution in [3.63, 3.8) is 0 Å². The van der Waals surface area contributed by atoms with E-state index >= 15 is 0 Å². The van der Waals surface area contributed by atoms with E-state index < -0.39 is 35.3 Å². The third kappa shape index (κ3) is 13.6. The van der Waals surface area contributed by atoms with Crippen LogP contribution in [0.3, 0.4) is 0 Å². The van der Waals surface area contributed by atoms with Gasteiger partial charge in [-0.15, -0.1) is 0 Å². The molecule has 10 heteroatoms. The zero-order valence-electron chi connectivity index (χ0n) is 31.7. The van der Waals surface area contributed by atoms with Crippen LogP contribution < -0.4 is 20.9 Å². The van der Waals surface area contributed by atoms with Crippen molar-refractivity contribution in [3.05, 3.63) is 102 Å². The Hall–Kier alpha value is -4.51. The number of hydrogen-bond donors (Lipinski definition) is 5. The molecule has 10 nitrogen and oxygen atoms in total. The van der Waals surface area contributed by atoms with E-state index in [1.165, 1.54) is 40.4 Å². The van der Waals surface area contributed by atoms with Gasteiger partial charge >= 0.3 is 0 Å². The maximum Gasteiger partial charge on any atom is 0.272 e. The fraction of sp³-hybridized carbons (Fsp3) is 0.439. The molecule has 0 spiro atoms. The first kappa shape index (κ1) is 42.7. The Morgan fingerprint density at radius 1 is 0.804 bits per heavy atom. The zero-order chi connectivity index (χ0) is 38.1. The lowest BCUT2D eigenvalue weighted by Crippen LogP contribution is -2.56. The van der Waals surface area contributed by atoms with Crippen LogP contribution in [0.5, 0.6) is 5.75 Å². The smallest absolute Gasteiger partial charge is 0.272 e. The van der Waals surface area contributed by atoms with Gasteiger partial charge in [-0.05, 0) is 78.2 Å². The first-order chi connectivity index (χ1) is 24.1. The molecule has 0 aliphatic rings. The van der Waals surface area contributed by atoms with E-state index in [0.29, 0.717) is 6.61 Å². The van der Waals surface area contributed by atoms with Crippen LogP contribution in [0.1, 0.15) is 71.1 Å². The van der Waals surface area contributed by atoms with Crippen molar-refractivity contribution in [2.45, 2.75) is 66.5 Å². The topological polar surface area (TPSA) is 140 Å². The van der Waals surface area contributed by atoms with Gasteiger partial charge in [0.15, 0.2) is 0 Å². The summed E-state index contributed by atoms with van der Waals surface area (Å²) in [4.78, 5) is 38.1. The highest BCUT2D eigenvalue weighted by Crippen LogP contribution is 2.35. The molecule has 3 aromatic carbocycles. The molecule has 3 rings (SSSR count). The van der Waals surface area contributed by atoms with Gasteiger partial charge in [-0.2, -0.15) is 0 Å². The molecule has 5 N–H and O–H groups in total. The largest absolute Gasteiger partial charge is 0.492 e. The number of rotatable bonds is 15. The highest BCUT2D eigenvalue weighted by atomic mass is 16.5. The summed E-state index contributed by atoms with van der Waals surface area (Å²) in [5.41, 5.74) is 7.16. The van der Waals surface area contributed by atoms with Crippen LogP contribution in [0.15, 0.2) is 84.9 Å². The first-order valence-corrected chi connectivity index (χ1v) is 17.5. The van der Waals surface area contributed by atoms with Crippen LogP contribution >= 0.6 is 0 Å². The van der Waals surface area contributed by atoms with Crippen molar-refractivity contribution in [2.75, 3.05) is 34.3 Å². The minimum atomic E-state index is -1.70. The Morgan fingerprint density at radius 2 is 1.33 bits per heavy atom. The minimum absolute atomic E-state index is 0.0278. The first-order valence-electron chi connectivity index (χ1n) is 17.5. The summed E-state index contributed by atoms with van der Waals surface area (Å²) >= 11 is 0. The number of likely N-dealkylation sites (N-methyl/N-ethyl adjacent to an activating group) is 2. The van der Waals surface area contributed by atoms with Crippen LogP contribution in [-0.4, -0.2) is 79.4 Å². The summed E-state index contributed by atoms with van der Waals surface area (Å²) in [5, 5.41) is 23.7. The van der Waals surface area contributed by atoms with Gasteiger partial charge in [-0.25, -0.2) is 5.48 Å². The zero-order valence-corrected chi connectivity index (χ0v) is 31.7. The summed E-state index contributed by atoms with van der Waals surface area (Å²) in [6, 6.07) is 29.0. The molecule has 0 heterocycles. The van der Waals surface area contributed by atoms with Crippen molar-refractivity contribution in [3.8, 4) is 5.75 Å². The SMILES string of the molecule is CC/C(=C(\c1ccccc1)c1ccc(OCCN(C)C)cc1)c1ccccc1.CNC(=O)[C@@H](NC(=O)[C@H](CC(C)C)[C@H](O)C(=O)NO)C(C)(C)C. The molecular formula is C41H58N4O6. The van der Waals surface area contributed by atoms with Gasteiger partial charge in [-0.3, -0.25) is 19.6 Å². The van der Waals surface area contributed by atoms with Gasteiger partial charge in [0.2, 0.25) is 11.8 Å². The Balaban J connectivity index is 0.000000362. The average Bonchev–Trinajstić information content (AvgIpc) is 3.11. The number of aliphatic hydroxyl groups excluding tert-OH is 1. The van der Waals surface area contributed by atoms with Crippen LogP contribution in [0, 0.1) is 17.3 Å². The molecule has 3 aromatic rings. The van der Waals surface area contributed by atoms with E-state index in [0.717, 1.165) is 18.7 Å². The second-order valence-electron chi connectivity index (χ2n) is 14.2. The van der Waals surface area contributed by atoms with Crippen molar-refractivity contribution in [2.24, 2.45) is 17.3 Å². The van der Waals surface area contributed by atoms with Gasteiger partial charge < -0.3 is 25.4 Å². The molecule has 51 heavy (non-hydrogen) atoms. The molecular weight excluding hydrogens is 644 g/mol. The highest BCUT2D eigenvalue weighted by Gasteiger charge is 2.38. The average molecular weight is 703 g/mol. The van der Waals surface area contributed by atoms with E-state index in [1.807, 2.05) is 13.8 Å². The van der Waals surface area contributed by atoms with Crippen LogP contribution in [0.4, 0.5) is 0 Å². The Labute approximate surface area is 304 Å². The number of benzene rings is 3. The molecule has 0 saturated carbocycles. The number of nitrogens with zero attached hydrogens (tertiary/aromatic N) is 1. The maximum atomic E-state index is 12.5. The number of aliphatic hydroxyl groups is 1. The second kappa shape index (κ2) is 21.0. The second-order valence-corrected chi connectivity index (χ2v) is 14.2. The number of ether oxygens (including phenoxy) is 1. The normalized spacial score (nSPS) is 13.6. The molecule has 278 valence electrons. The lowest BCUT2D eigenvalue weighted by molar-refractivity contribution is -0.147. The van der Waals surface area contributed by atoms with Gasteiger partial charge in [-0.1, -0.05) is 114 Å². The van der Waals surface area contributed by atoms with Gasteiger partial charge in [0.05, 0.1) is 5.92 Å². The fourth-order valence-electron chi connectivity index (χ4n) is 5.55. The summed E-state index contributed by atoms with van der Waals surface area (Å²) in [5.74, 6) is -2.17. The number of hydroxylamine groups is 1. The molecule has 0 radical (unpaired) electrons. The quantitative estimate of drug-likeness (QED) is 0.0768. The molecule has 0 unspecified atom stereocenters. The van der Waals surface area contributed by atoms with E-state index in [1.54, 1.807) is 20.8 Å². The van der Waals surface area contributed by atoms with Gasteiger partial charge in [0.25, 0.3) is 5.91 Å². The third-order valence-electron chi connectivity index (χ3n) is 8.27. The molecule has 0 aliphatic heterocycles. The fourth-order valence-corrected chi connectivity index (χ4v) is 5.55. The Bertz CT molecular complexity index is 1530. The molecule has 3 atom stereocenters. The molecule has 0 saturated heterocycles. The van der Waals surface area contributed by atoms with E-state index in [9.17, 15) is 19.5 Å². The number of amides is 3. The molecule has 0 aliphatic carbocycles. The molecule has 0 fully saturated rings.